The van der Waals surface area contributed by atoms with E-state index >= 15 is 0 Å². The molecule has 0 saturated carbocycles. The molecular formula is C27H28ClFN2O4. The van der Waals surface area contributed by atoms with Gasteiger partial charge in [0.2, 0.25) is 0 Å². The van der Waals surface area contributed by atoms with E-state index in [1.165, 1.54) is 12.1 Å². The van der Waals surface area contributed by atoms with Crippen LogP contribution in [0, 0.1) is 5.82 Å². The summed E-state index contributed by atoms with van der Waals surface area (Å²) in [5.41, 5.74) is 4.55. The van der Waals surface area contributed by atoms with Gasteiger partial charge in [0, 0.05) is 22.9 Å². The Kier molecular flexibility index (Phi) is 8.00. The summed E-state index contributed by atoms with van der Waals surface area (Å²) in [6, 6.07) is 13.8. The van der Waals surface area contributed by atoms with Crippen molar-refractivity contribution in [2.24, 2.45) is 0 Å². The van der Waals surface area contributed by atoms with Crippen LogP contribution in [-0.2, 0) is 17.6 Å². The normalized spacial score (nSPS) is 17.3. The fourth-order valence-corrected chi connectivity index (χ4v) is 4.86. The third kappa shape index (κ3) is 6.17. The number of fused-ring (bicyclic) bond motifs is 1. The first-order chi connectivity index (χ1) is 16.8. The van der Waals surface area contributed by atoms with Crippen LogP contribution in [0.2, 0.25) is 5.02 Å². The molecule has 0 bridgehead atoms. The zero-order chi connectivity index (χ0) is 24.9. The summed E-state index contributed by atoms with van der Waals surface area (Å²) in [4.78, 5) is 10.8. The summed E-state index contributed by atoms with van der Waals surface area (Å²) in [6.45, 7) is 0. The van der Waals surface area contributed by atoms with Crippen LogP contribution in [-0.4, -0.2) is 43.3 Å². The quantitative estimate of drug-likeness (QED) is 0.389. The summed E-state index contributed by atoms with van der Waals surface area (Å²) < 4.78 is 15.3. The molecule has 184 valence electrons. The van der Waals surface area contributed by atoms with E-state index in [2.05, 4.69) is 0 Å². The second-order valence-corrected chi connectivity index (χ2v) is 9.34. The molecule has 0 spiro atoms. The van der Waals surface area contributed by atoms with Crippen molar-refractivity contribution >= 4 is 23.6 Å². The molecule has 3 N–H and O–H groups in total. The highest BCUT2D eigenvalue weighted by Crippen LogP contribution is 2.37. The first kappa shape index (κ1) is 25.1. The first-order valence-electron chi connectivity index (χ1n) is 11.7. The van der Waals surface area contributed by atoms with E-state index < -0.39 is 24.6 Å². The van der Waals surface area contributed by atoms with Gasteiger partial charge >= 0.3 is 5.97 Å². The molecule has 0 aliphatic heterocycles. The second-order valence-electron chi connectivity index (χ2n) is 8.94. The van der Waals surface area contributed by atoms with Gasteiger partial charge in [0.15, 0.2) is 0 Å². The molecule has 1 heterocycles. The van der Waals surface area contributed by atoms with Crippen LogP contribution in [0.1, 0.15) is 54.1 Å². The van der Waals surface area contributed by atoms with Crippen LogP contribution in [0.25, 0.3) is 11.8 Å². The van der Waals surface area contributed by atoms with Gasteiger partial charge in [-0.25, -0.2) is 9.07 Å². The Bertz CT molecular complexity index is 1210. The van der Waals surface area contributed by atoms with Gasteiger partial charge in [0.05, 0.1) is 35.7 Å². The Morgan fingerprint density at radius 3 is 2.66 bits per heavy atom. The van der Waals surface area contributed by atoms with Crippen LogP contribution in [0.3, 0.4) is 0 Å². The largest absolute Gasteiger partial charge is 0.481 e. The predicted octanol–water partition coefficient (Wildman–Crippen LogP) is 4.93. The minimum Gasteiger partial charge on any atom is -0.481 e. The Morgan fingerprint density at radius 2 is 1.94 bits per heavy atom. The van der Waals surface area contributed by atoms with Gasteiger partial charge in [-0.1, -0.05) is 35.9 Å². The van der Waals surface area contributed by atoms with Gasteiger partial charge in [0.1, 0.15) is 5.82 Å². The van der Waals surface area contributed by atoms with Gasteiger partial charge in [-0.3, -0.25) is 4.79 Å². The summed E-state index contributed by atoms with van der Waals surface area (Å²) in [5.74, 6) is -1.31. The first-order valence-corrected chi connectivity index (χ1v) is 12.1. The number of aliphatic hydroxyl groups is 2. The number of aliphatic carboxylic acids is 1. The highest BCUT2D eigenvalue weighted by Gasteiger charge is 2.28. The standard InChI is InChI=1S/C27H28ClFN2O4/c28-24-7-2-1-4-17(24)14-18-5-3-6-23-25(13-12-21(32)15-22(33)16-26(34)35)31(30-27(18)23)20-10-8-19(29)9-11-20/h1-2,4,7-13,18,21-22,32-33H,3,5-6,14-16H2,(H,34,35)/b13-12+/t18?,21-,22-/m0/s1. The van der Waals surface area contributed by atoms with E-state index in [1.54, 1.807) is 29.0 Å². The van der Waals surface area contributed by atoms with E-state index in [0.717, 1.165) is 53.2 Å². The maximum atomic E-state index is 13.6. The topological polar surface area (TPSA) is 95.6 Å². The van der Waals surface area contributed by atoms with Gasteiger partial charge in [-0.15, -0.1) is 0 Å². The number of rotatable bonds is 9. The average Bonchev–Trinajstić information content (AvgIpc) is 3.18. The number of carboxylic acid groups (broad SMARTS) is 1. The number of nitrogens with zero attached hydrogens (tertiary/aromatic N) is 2. The number of aromatic nitrogens is 2. The van der Waals surface area contributed by atoms with Crippen LogP contribution < -0.4 is 0 Å². The van der Waals surface area contributed by atoms with E-state index in [4.69, 9.17) is 21.8 Å². The lowest BCUT2D eigenvalue weighted by Crippen LogP contribution is -2.19. The molecular weight excluding hydrogens is 471 g/mol. The number of hydrogen-bond donors (Lipinski definition) is 3. The number of aliphatic hydroxyl groups excluding tert-OH is 2. The molecule has 3 aromatic rings. The summed E-state index contributed by atoms with van der Waals surface area (Å²) >= 11 is 6.42. The zero-order valence-corrected chi connectivity index (χ0v) is 19.9. The summed E-state index contributed by atoms with van der Waals surface area (Å²) in [6.07, 6.45) is 4.09. The molecule has 1 unspecified atom stereocenters. The SMILES string of the molecule is O=C(O)C[C@@H](O)C[C@@H](O)/C=C/c1c2c(nn1-c1ccc(F)cc1)C(Cc1ccccc1Cl)CCC2. The molecule has 3 atom stereocenters. The van der Waals surface area contributed by atoms with E-state index in [-0.39, 0.29) is 18.2 Å². The minimum atomic E-state index is -1.15. The zero-order valence-electron chi connectivity index (χ0n) is 19.1. The molecule has 8 heteroatoms. The smallest absolute Gasteiger partial charge is 0.305 e. The van der Waals surface area contributed by atoms with E-state index in [9.17, 15) is 19.4 Å². The lowest BCUT2D eigenvalue weighted by molar-refractivity contribution is -0.139. The van der Waals surface area contributed by atoms with Crippen molar-refractivity contribution in [1.29, 1.82) is 0 Å². The lowest BCUT2D eigenvalue weighted by Gasteiger charge is -2.22. The van der Waals surface area contributed by atoms with Gasteiger partial charge < -0.3 is 15.3 Å². The second kappa shape index (κ2) is 11.2. The van der Waals surface area contributed by atoms with Crippen molar-refractivity contribution in [2.45, 2.75) is 56.7 Å². The van der Waals surface area contributed by atoms with Crippen molar-refractivity contribution in [3.63, 3.8) is 0 Å². The number of carbonyl (C=O) groups is 1. The fourth-order valence-electron chi connectivity index (χ4n) is 4.65. The van der Waals surface area contributed by atoms with Crippen LogP contribution in [0.15, 0.2) is 54.6 Å². The van der Waals surface area contributed by atoms with Crippen molar-refractivity contribution in [1.82, 2.24) is 9.78 Å². The van der Waals surface area contributed by atoms with Gasteiger partial charge in [-0.2, -0.15) is 5.10 Å². The molecule has 6 nitrogen and oxygen atoms in total. The number of hydrogen-bond acceptors (Lipinski definition) is 4. The van der Waals surface area contributed by atoms with Gasteiger partial charge in [-0.05, 0) is 67.7 Å². The highest BCUT2D eigenvalue weighted by atomic mass is 35.5. The van der Waals surface area contributed by atoms with Crippen molar-refractivity contribution in [3.8, 4) is 5.69 Å². The maximum Gasteiger partial charge on any atom is 0.305 e. The van der Waals surface area contributed by atoms with Crippen molar-refractivity contribution in [3.05, 3.63) is 88.0 Å². The van der Waals surface area contributed by atoms with Crippen LogP contribution >= 0.6 is 11.6 Å². The average molecular weight is 499 g/mol. The molecule has 0 radical (unpaired) electrons. The minimum absolute atomic E-state index is 0.0925. The predicted molar refractivity (Wildman–Crippen MR) is 132 cm³/mol. The molecule has 4 rings (SSSR count). The third-order valence-corrected chi connectivity index (χ3v) is 6.68. The van der Waals surface area contributed by atoms with E-state index in [0.29, 0.717) is 5.69 Å². The highest BCUT2D eigenvalue weighted by molar-refractivity contribution is 6.31. The molecule has 1 aliphatic rings. The van der Waals surface area contributed by atoms with E-state index in [1.807, 2.05) is 24.3 Å². The summed E-state index contributed by atoms with van der Waals surface area (Å²) in [7, 11) is 0. The summed E-state index contributed by atoms with van der Waals surface area (Å²) in [5, 5.41) is 34.7. The fraction of sp³-hybridized carbons (Fsp3) is 0.333. The molecule has 35 heavy (non-hydrogen) atoms. The monoisotopic (exact) mass is 498 g/mol. The molecule has 1 aliphatic carbocycles. The Balaban J connectivity index is 1.68. The van der Waals surface area contributed by atoms with Gasteiger partial charge in [0.25, 0.3) is 0 Å². The van der Waals surface area contributed by atoms with Crippen LogP contribution in [0.5, 0.6) is 0 Å². The Labute approximate surface area is 208 Å². The molecule has 0 amide bonds. The molecule has 0 fully saturated rings. The Hall–Kier alpha value is -3.00. The number of carboxylic acids is 1. The van der Waals surface area contributed by atoms with Crippen molar-refractivity contribution < 1.29 is 24.5 Å². The lowest BCUT2D eigenvalue weighted by atomic mass is 9.83. The van der Waals surface area contributed by atoms with Crippen molar-refractivity contribution in [2.75, 3.05) is 0 Å². The molecule has 1 aromatic heterocycles. The number of halogens is 2. The maximum absolute atomic E-state index is 13.6. The molecule has 0 saturated heterocycles. The Morgan fingerprint density at radius 1 is 1.20 bits per heavy atom. The van der Waals surface area contributed by atoms with Crippen LogP contribution in [0.4, 0.5) is 4.39 Å². The number of benzene rings is 2. The third-order valence-electron chi connectivity index (χ3n) is 6.32. The molecule has 2 aromatic carbocycles.